The molecule has 0 aliphatic heterocycles. The number of aromatic nitrogens is 4. The van der Waals surface area contributed by atoms with Crippen molar-refractivity contribution in [2.45, 2.75) is 19.9 Å². The number of para-hydroxylation sites is 1. The molecule has 0 saturated carbocycles. The van der Waals surface area contributed by atoms with Crippen LogP contribution in [0, 0.1) is 0 Å². The van der Waals surface area contributed by atoms with Crippen LogP contribution in [0.2, 0.25) is 0 Å². The number of carbonyl (C=O) groups excluding carboxylic acids is 2. The lowest BCUT2D eigenvalue weighted by atomic mass is 10.1. The van der Waals surface area contributed by atoms with E-state index >= 15 is 0 Å². The number of tetrazole rings is 1. The Morgan fingerprint density at radius 3 is 2.55 bits per heavy atom. The predicted octanol–water partition coefficient (Wildman–Crippen LogP) is 3.86. The molecule has 156 valence electrons. The highest BCUT2D eigenvalue weighted by Crippen LogP contribution is 2.25. The van der Waals surface area contributed by atoms with E-state index in [2.05, 4.69) is 33.0 Å². The molecule has 2 N–H and O–H groups in total. The van der Waals surface area contributed by atoms with Gasteiger partial charge in [0.1, 0.15) is 6.54 Å². The molecule has 4 rings (SSSR count). The SMILES string of the molecule is CCc1ccc(NC(=O)Cn2nnc(-c3ccccc3NC(=O)c3cccs3)n2)cc1. The second-order valence-electron chi connectivity index (χ2n) is 6.72. The van der Waals surface area contributed by atoms with E-state index < -0.39 is 0 Å². The first-order valence-electron chi connectivity index (χ1n) is 9.73. The van der Waals surface area contributed by atoms with Gasteiger partial charge in [0.15, 0.2) is 0 Å². The summed E-state index contributed by atoms with van der Waals surface area (Å²) in [4.78, 5) is 26.6. The van der Waals surface area contributed by atoms with E-state index in [4.69, 9.17) is 0 Å². The van der Waals surface area contributed by atoms with Crippen LogP contribution in [0.15, 0.2) is 66.0 Å². The zero-order valence-electron chi connectivity index (χ0n) is 16.8. The van der Waals surface area contributed by atoms with Crippen LogP contribution in [-0.2, 0) is 17.8 Å². The Kier molecular flexibility index (Phi) is 6.13. The number of hydrogen-bond donors (Lipinski definition) is 2. The van der Waals surface area contributed by atoms with Crippen LogP contribution in [0.1, 0.15) is 22.2 Å². The molecule has 2 aromatic carbocycles. The van der Waals surface area contributed by atoms with Crippen LogP contribution in [0.4, 0.5) is 11.4 Å². The summed E-state index contributed by atoms with van der Waals surface area (Å²) in [5, 5.41) is 19.9. The second-order valence-corrected chi connectivity index (χ2v) is 7.67. The van der Waals surface area contributed by atoms with Crippen LogP contribution < -0.4 is 10.6 Å². The number of nitrogens with one attached hydrogen (secondary N) is 2. The average molecular weight is 433 g/mol. The van der Waals surface area contributed by atoms with Gasteiger partial charge in [0.25, 0.3) is 5.91 Å². The zero-order chi connectivity index (χ0) is 21.6. The maximum absolute atomic E-state index is 12.4. The van der Waals surface area contributed by atoms with Gasteiger partial charge in [-0.2, -0.15) is 4.80 Å². The van der Waals surface area contributed by atoms with Gasteiger partial charge in [0.2, 0.25) is 11.7 Å². The lowest BCUT2D eigenvalue weighted by molar-refractivity contribution is -0.117. The molecule has 0 bridgehead atoms. The summed E-state index contributed by atoms with van der Waals surface area (Å²) in [7, 11) is 0. The van der Waals surface area contributed by atoms with Crippen LogP contribution in [-0.4, -0.2) is 32.0 Å². The quantitative estimate of drug-likeness (QED) is 0.462. The first kappa shape index (κ1) is 20.4. The number of benzene rings is 2. The second kappa shape index (κ2) is 9.31. The smallest absolute Gasteiger partial charge is 0.265 e. The van der Waals surface area contributed by atoms with Gasteiger partial charge in [-0.25, -0.2) is 0 Å². The summed E-state index contributed by atoms with van der Waals surface area (Å²) in [6, 6.07) is 18.5. The van der Waals surface area contributed by atoms with Crippen molar-refractivity contribution in [1.82, 2.24) is 20.2 Å². The zero-order valence-corrected chi connectivity index (χ0v) is 17.6. The summed E-state index contributed by atoms with van der Waals surface area (Å²) >= 11 is 1.36. The first-order valence-corrected chi connectivity index (χ1v) is 10.6. The molecule has 0 fully saturated rings. The molecule has 2 amide bonds. The Balaban J connectivity index is 1.45. The lowest BCUT2D eigenvalue weighted by Gasteiger charge is -2.07. The fraction of sp³-hybridized carbons (Fsp3) is 0.136. The van der Waals surface area contributed by atoms with Crippen molar-refractivity contribution in [1.29, 1.82) is 0 Å². The summed E-state index contributed by atoms with van der Waals surface area (Å²) < 4.78 is 0. The van der Waals surface area contributed by atoms with Crippen LogP contribution >= 0.6 is 11.3 Å². The standard InChI is InChI=1S/C22H20N6O2S/c1-2-15-9-11-16(12-10-15)23-20(29)14-28-26-21(25-27-28)17-6-3-4-7-18(17)24-22(30)19-8-5-13-31-19/h3-13H,2,14H2,1H3,(H,23,29)(H,24,30). The normalized spacial score (nSPS) is 10.6. The van der Waals surface area contributed by atoms with Gasteiger partial charge in [-0.3, -0.25) is 9.59 Å². The van der Waals surface area contributed by atoms with E-state index in [0.29, 0.717) is 27.6 Å². The molecular formula is C22H20N6O2S. The van der Waals surface area contributed by atoms with E-state index in [9.17, 15) is 9.59 Å². The third-order valence-electron chi connectivity index (χ3n) is 4.54. The molecule has 8 nitrogen and oxygen atoms in total. The maximum atomic E-state index is 12.4. The number of thiophene rings is 1. The fourth-order valence-electron chi connectivity index (χ4n) is 2.95. The summed E-state index contributed by atoms with van der Waals surface area (Å²) in [6.45, 7) is 2.00. The third-order valence-corrected chi connectivity index (χ3v) is 5.41. The number of nitrogens with zero attached hydrogens (tertiary/aromatic N) is 4. The number of aryl methyl sites for hydroxylation is 1. The molecule has 2 heterocycles. The van der Waals surface area contributed by atoms with Crippen molar-refractivity contribution >= 4 is 34.5 Å². The maximum Gasteiger partial charge on any atom is 0.265 e. The molecular weight excluding hydrogens is 412 g/mol. The fourth-order valence-corrected chi connectivity index (χ4v) is 3.57. The topological polar surface area (TPSA) is 102 Å². The highest BCUT2D eigenvalue weighted by molar-refractivity contribution is 7.12. The Morgan fingerprint density at radius 2 is 1.81 bits per heavy atom. The van der Waals surface area contributed by atoms with Gasteiger partial charge in [0.05, 0.1) is 10.6 Å². The van der Waals surface area contributed by atoms with Gasteiger partial charge >= 0.3 is 0 Å². The van der Waals surface area contributed by atoms with E-state index in [1.54, 1.807) is 18.2 Å². The minimum atomic E-state index is -0.257. The number of hydrogen-bond acceptors (Lipinski definition) is 6. The number of anilines is 2. The molecule has 9 heteroatoms. The van der Waals surface area contributed by atoms with Gasteiger partial charge in [-0.15, -0.1) is 21.5 Å². The highest BCUT2D eigenvalue weighted by atomic mass is 32.1. The van der Waals surface area contributed by atoms with Crippen molar-refractivity contribution < 1.29 is 9.59 Å². The average Bonchev–Trinajstić information content (AvgIpc) is 3.47. The van der Waals surface area contributed by atoms with Crippen LogP contribution in [0.3, 0.4) is 0 Å². The van der Waals surface area contributed by atoms with E-state index in [-0.39, 0.29) is 18.4 Å². The summed E-state index contributed by atoms with van der Waals surface area (Å²) in [6.07, 6.45) is 0.940. The summed E-state index contributed by atoms with van der Waals surface area (Å²) in [5.74, 6) is -0.141. The molecule has 0 radical (unpaired) electrons. The first-order chi connectivity index (χ1) is 15.1. The molecule has 0 aliphatic rings. The molecule has 0 unspecified atom stereocenters. The van der Waals surface area contributed by atoms with E-state index in [0.717, 1.165) is 6.42 Å². The summed E-state index contributed by atoms with van der Waals surface area (Å²) in [5.41, 5.74) is 3.10. The third kappa shape index (κ3) is 5.01. The van der Waals surface area contributed by atoms with Crippen molar-refractivity contribution in [2.75, 3.05) is 10.6 Å². The van der Waals surface area contributed by atoms with Crippen molar-refractivity contribution in [3.8, 4) is 11.4 Å². The Hall–Kier alpha value is -3.85. The Bertz CT molecular complexity index is 1180. The minimum absolute atomic E-state index is 0.0771. The van der Waals surface area contributed by atoms with Crippen LogP contribution in [0.25, 0.3) is 11.4 Å². The number of rotatable bonds is 7. The largest absolute Gasteiger partial charge is 0.324 e. The molecule has 0 spiro atoms. The van der Waals surface area contributed by atoms with Crippen molar-refractivity contribution in [2.24, 2.45) is 0 Å². The van der Waals surface area contributed by atoms with E-state index in [1.807, 2.05) is 47.8 Å². The van der Waals surface area contributed by atoms with Gasteiger partial charge < -0.3 is 10.6 Å². The van der Waals surface area contributed by atoms with Crippen molar-refractivity contribution in [3.05, 3.63) is 76.5 Å². The number of carbonyl (C=O) groups is 2. The molecule has 0 atom stereocenters. The van der Waals surface area contributed by atoms with Gasteiger partial charge in [0, 0.05) is 11.3 Å². The molecule has 0 aliphatic carbocycles. The Labute approximate surface area is 182 Å². The predicted molar refractivity (Wildman–Crippen MR) is 120 cm³/mol. The number of amides is 2. The Morgan fingerprint density at radius 1 is 1.00 bits per heavy atom. The van der Waals surface area contributed by atoms with E-state index in [1.165, 1.54) is 21.7 Å². The molecule has 0 saturated heterocycles. The molecule has 31 heavy (non-hydrogen) atoms. The minimum Gasteiger partial charge on any atom is -0.324 e. The highest BCUT2D eigenvalue weighted by Gasteiger charge is 2.15. The van der Waals surface area contributed by atoms with Crippen molar-refractivity contribution in [3.63, 3.8) is 0 Å². The monoisotopic (exact) mass is 432 g/mol. The molecule has 4 aromatic rings. The molecule has 2 aromatic heterocycles. The van der Waals surface area contributed by atoms with Gasteiger partial charge in [-0.1, -0.05) is 37.3 Å². The van der Waals surface area contributed by atoms with Crippen LogP contribution in [0.5, 0.6) is 0 Å². The van der Waals surface area contributed by atoms with Gasteiger partial charge in [-0.05, 0) is 52.9 Å². The lowest BCUT2D eigenvalue weighted by Crippen LogP contribution is -2.20.